The predicted octanol–water partition coefficient (Wildman–Crippen LogP) is 2.96. The summed E-state index contributed by atoms with van der Waals surface area (Å²) in [5.41, 5.74) is 1.21. The molecule has 1 saturated heterocycles. The minimum atomic E-state index is 0.223. The number of rotatable bonds is 7. The summed E-state index contributed by atoms with van der Waals surface area (Å²) in [6, 6.07) is 10.4. The molecule has 0 saturated carbocycles. The van der Waals surface area contributed by atoms with Crippen molar-refractivity contribution in [1.82, 2.24) is 24.9 Å². The predicted molar refractivity (Wildman–Crippen MR) is 107 cm³/mol. The Labute approximate surface area is 168 Å². The van der Waals surface area contributed by atoms with Crippen molar-refractivity contribution in [2.75, 3.05) is 31.2 Å². The highest BCUT2D eigenvalue weighted by Gasteiger charge is 2.21. The molecule has 3 aromatic rings. The maximum atomic E-state index is 5.48. The van der Waals surface area contributed by atoms with Crippen LogP contribution in [0, 0.1) is 0 Å². The molecule has 1 aliphatic heterocycles. The van der Waals surface area contributed by atoms with Crippen LogP contribution in [-0.2, 0) is 17.0 Å². The molecule has 4 rings (SSSR count). The summed E-state index contributed by atoms with van der Waals surface area (Å²) >= 11 is 1.58. The second-order valence-corrected chi connectivity index (χ2v) is 7.89. The molecule has 1 fully saturated rings. The highest BCUT2D eigenvalue weighted by Crippen LogP contribution is 2.26. The van der Waals surface area contributed by atoms with Crippen molar-refractivity contribution in [3.63, 3.8) is 0 Å². The highest BCUT2D eigenvalue weighted by molar-refractivity contribution is 7.98. The summed E-state index contributed by atoms with van der Waals surface area (Å²) in [5.74, 6) is 3.03. The summed E-state index contributed by atoms with van der Waals surface area (Å²) in [6.07, 6.45) is 0. The quantitative estimate of drug-likeness (QED) is 0.560. The van der Waals surface area contributed by atoms with E-state index in [0.717, 1.165) is 24.2 Å². The van der Waals surface area contributed by atoms with E-state index in [1.165, 1.54) is 5.56 Å². The first-order valence-corrected chi connectivity index (χ1v) is 10.4. The third-order valence-corrected chi connectivity index (χ3v) is 5.45. The lowest BCUT2D eigenvalue weighted by Crippen LogP contribution is -2.38. The molecule has 9 heteroatoms. The van der Waals surface area contributed by atoms with Gasteiger partial charge in [-0.1, -0.05) is 61.1 Å². The van der Waals surface area contributed by atoms with E-state index in [9.17, 15) is 0 Å². The average Bonchev–Trinajstić information content (AvgIpc) is 3.35. The zero-order chi connectivity index (χ0) is 19.3. The smallest absolute Gasteiger partial charge is 0.229 e. The topological polar surface area (TPSA) is 82.1 Å². The lowest BCUT2D eigenvalue weighted by Gasteiger charge is -2.28. The van der Waals surface area contributed by atoms with Crippen molar-refractivity contribution >= 4 is 17.7 Å². The van der Waals surface area contributed by atoms with Crippen LogP contribution in [0.5, 0.6) is 0 Å². The van der Waals surface area contributed by atoms with Gasteiger partial charge in [0.1, 0.15) is 0 Å². The number of hydrogen-bond acceptors (Lipinski definition) is 8. The van der Waals surface area contributed by atoms with Gasteiger partial charge in [0, 0.05) is 19.0 Å². The van der Waals surface area contributed by atoms with Crippen molar-refractivity contribution in [3.05, 3.63) is 47.6 Å². The van der Waals surface area contributed by atoms with Crippen LogP contribution in [-0.4, -0.2) is 51.2 Å². The second kappa shape index (κ2) is 8.74. The molecule has 0 atom stereocenters. The van der Waals surface area contributed by atoms with Crippen LogP contribution in [0.25, 0.3) is 0 Å². The molecule has 0 aliphatic carbocycles. The summed E-state index contributed by atoms with van der Waals surface area (Å²) in [5, 5.41) is 13.9. The molecule has 8 nitrogen and oxygen atoms in total. The fourth-order valence-electron chi connectivity index (χ4n) is 2.98. The Morgan fingerprint density at radius 3 is 2.61 bits per heavy atom. The van der Waals surface area contributed by atoms with Crippen LogP contribution in [0.15, 0.2) is 40.0 Å². The normalized spacial score (nSPS) is 14.8. The SMILES string of the molecule is CC(C)c1nc(CSc2nnc(N3CCOCC3)n2Cc2ccccc2)no1. The summed E-state index contributed by atoms with van der Waals surface area (Å²) in [4.78, 5) is 6.68. The van der Waals surface area contributed by atoms with Crippen LogP contribution < -0.4 is 4.90 Å². The molecular weight excluding hydrogens is 376 g/mol. The molecule has 1 aromatic carbocycles. The van der Waals surface area contributed by atoms with Crippen LogP contribution in [0.2, 0.25) is 0 Å². The summed E-state index contributed by atoms with van der Waals surface area (Å²) in [6.45, 7) is 7.85. The van der Waals surface area contributed by atoms with Crippen molar-refractivity contribution in [3.8, 4) is 0 Å². The molecule has 0 unspecified atom stereocenters. The zero-order valence-corrected chi connectivity index (χ0v) is 16.9. The van der Waals surface area contributed by atoms with E-state index >= 15 is 0 Å². The maximum absolute atomic E-state index is 5.48. The van der Waals surface area contributed by atoms with Gasteiger partial charge in [-0.05, 0) is 5.56 Å². The van der Waals surface area contributed by atoms with Crippen molar-refractivity contribution < 1.29 is 9.26 Å². The fraction of sp³-hybridized carbons (Fsp3) is 0.474. The molecule has 0 amide bonds. The van der Waals surface area contributed by atoms with Crippen LogP contribution in [0.4, 0.5) is 5.95 Å². The van der Waals surface area contributed by atoms with Gasteiger partial charge in [0.25, 0.3) is 0 Å². The van der Waals surface area contributed by atoms with Gasteiger partial charge in [-0.2, -0.15) is 4.98 Å². The number of benzene rings is 1. The molecule has 0 N–H and O–H groups in total. The van der Waals surface area contributed by atoms with Crippen molar-refractivity contribution in [2.45, 2.75) is 37.2 Å². The standard InChI is InChI=1S/C19H24N6O2S/c1-14(2)17-20-16(23-27-17)13-28-19-22-21-18(24-8-10-26-11-9-24)25(19)12-15-6-4-3-5-7-15/h3-7,14H,8-13H2,1-2H3. The summed E-state index contributed by atoms with van der Waals surface area (Å²) in [7, 11) is 0. The molecule has 148 valence electrons. The number of anilines is 1. The van der Waals surface area contributed by atoms with E-state index < -0.39 is 0 Å². The highest BCUT2D eigenvalue weighted by atomic mass is 32.2. The molecule has 3 heterocycles. The maximum Gasteiger partial charge on any atom is 0.229 e. The molecule has 1 aliphatic rings. The van der Waals surface area contributed by atoms with E-state index in [0.29, 0.717) is 37.2 Å². The molecule has 2 aromatic heterocycles. The first kappa shape index (κ1) is 18.9. The monoisotopic (exact) mass is 400 g/mol. The first-order valence-electron chi connectivity index (χ1n) is 9.46. The first-order chi connectivity index (χ1) is 13.7. The van der Waals surface area contributed by atoms with Gasteiger partial charge in [0.05, 0.1) is 25.5 Å². The molecule has 0 spiro atoms. The van der Waals surface area contributed by atoms with E-state index in [4.69, 9.17) is 9.26 Å². The van der Waals surface area contributed by atoms with Gasteiger partial charge in [0.15, 0.2) is 11.0 Å². The van der Waals surface area contributed by atoms with Crippen LogP contribution in [0.1, 0.15) is 37.0 Å². The number of morpholine rings is 1. The van der Waals surface area contributed by atoms with Gasteiger partial charge in [-0.15, -0.1) is 10.2 Å². The third kappa shape index (κ3) is 4.36. The van der Waals surface area contributed by atoms with Crippen molar-refractivity contribution in [2.24, 2.45) is 0 Å². The van der Waals surface area contributed by atoms with Gasteiger partial charge < -0.3 is 14.2 Å². The summed E-state index contributed by atoms with van der Waals surface area (Å²) < 4.78 is 12.9. The lowest BCUT2D eigenvalue weighted by atomic mass is 10.2. The van der Waals surface area contributed by atoms with Gasteiger partial charge in [0.2, 0.25) is 11.8 Å². The Hall–Kier alpha value is -2.39. The molecular formula is C19H24N6O2S. The number of nitrogens with zero attached hydrogens (tertiary/aromatic N) is 6. The Morgan fingerprint density at radius 1 is 1.11 bits per heavy atom. The number of thioether (sulfide) groups is 1. The Balaban J connectivity index is 1.55. The lowest BCUT2D eigenvalue weighted by molar-refractivity contribution is 0.121. The number of aromatic nitrogens is 5. The molecule has 0 bridgehead atoms. The second-order valence-electron chi connectivity index (χ2n) is 6.95. The molecule has 0 radical (unpaired) electrons. The van der Waals surface area contributed by atoms with E-state index in [1.807, 2.05) is 32.0 Å². The van der Waals surface area contributed by atoms with Gasteiger partial charge >= 0.3 is 0 Å². The minimum Gasteiger partial charge on any atom is -0.378 e. The van der Waals surface area contributed by atoms with E-state index in [2.05, 4.69) is 41.9 Å². The largest absolute Gasteiger partial charge is 0.378 e. The third-order valence-electron chi connectivity index (χ3n) is 4.48. The Morgan fingerprint density at radius 2 is 1.89 bits per heavy atom. The number of hydrogen-bond donors (Lipinski definition) is 0. The van der Waals surface area contributed by atoms with Crippen LogP contribution >= 0.6 is 11.8 Å². The van der Waals surface area contributed by atoms with Crippen LogP contribution in [0.3, 0.4) is 0 Å². The minimum absolute atomic E-state index is 0.223. The average molecular weight is 401 g/mol. The number of ether oxygens (including phenoxy) is 1. The Kier molecular flexibility index (Phi) is 5.92. The Bertz CT molecular complexity index is 889. The van der Waals surface area contributed by atoms with E-state index in [1.54, 1.807) is 11.8 Å². The van der Waals surface area contributed by atoms with Gasteiger partial charge in [-0.3, -0.25) is 4.57 Å². The zero-order valence-electron chi connectivity index (χ0n) is 16.1. The van der Waals surface area contributed by atoms with E-state index in [-0.39, 0.29) is 5.92 Å². The van der Waals surface area contributed by atoms with Gasteiger partial charge in [-0.25, -0.2) is 0 Å². The fourth-order valence-corrected chi connectivity index (χ4v) is 3.76. The van der Waals surface area contributed by atoms with Crippen molar-refractivity contribution in [1.29, 1.82) is 0 Å². The molecule has 28 heavy (non-hydrogen) atoms.